The Morgan fingerprint density at radius 2 is 1.82 bits per heavy atom. The first-order valence-electron chi connectivity index (χ1n) is 14.0. The Kier molecular flexibility index (Phi) is 7.95. The van der Waals surface area contributed by atoms with Crippen LogP contribution in [0.4, 0.5) is 0 Å². The fourth-order valence-electron chi connectivity index (χ4n) is 7.31. The predicted molar refractivity (Wildman–Crippen MR) is 146 cm³/mol. The lowest BCUT2D eigenvalue weighted by molar-refractivity contribution is -0.282. The normalized spacial score (nSPS) is 37.1. The van der Waals surface area contributed by atoms with Crippen molar-refractivity contribution in [2.75, 3.05) is 26.6 Å². The molecule has 2 saturated heterocycles. The second kappa shape index (κ2) is 10.8. The molecular formula is C30H44O7Si. The zero-order valence-corrected chi connectivity index (χ0v) is 24.5. The molecule has 0 aromatic heterocycles. The predicted octanol–water partition coefficient (Wildman–Crippen LogP) is 5.03. The Hall–Kier alpha value is -1.55. The SMILES string of the molecule is C=C[C@H]1C(=O)O[C@@H]2C[C@H]3[C@@H](COCOCC[Si](C)(C)C)[C@H](COCc4ccccc4)[C@@H]2[C@@]12OC(C)(C)O[C@H]32. The van der Waals surface area contributed by atoms with E-state index in [1.807, 2.05) is 32.0 Å². The first kappa shape index (κ1) is 28.0. The van der Waals surface area contributed by atoms with Crippen LogP contribution in [0.25, 0.3) is 0 Å². The fraction of sp³-hybridized carbons (Fsp3) is 0.700. The smallest absolute Gasteiger partial charge is 0.316 e. The first-order valence-corrected chi connectivity index (χ1v) is 17.7. The van der Waals surface area contributed by atoms with Gasteiger partial charge in [-0.05, 0) is 49.6 Å². The Balaban J connectivity index is 1.37. The number of esters is 1. The average Bonchev–Trinajstić information content (AvgIpc) is 3.13. The molecule has 1 spiro atoms. The molecule has 0 unspecified atom stereocenters. The number of carbonyl (C=O) groups is 1. The third-order valence-electron chi connectivity index (χ3n) is 8.79. The van der Waals surface area contributed by atoms with E-state index in [1.54, 1.807) is 6.08 Å². The first-order chi connectivity index (χ1) is 18.1. The number of hydrogen-bond donors (Lipinski definition) is 0. The molecular weight excluding hydrogens is 500 g/mol. The maximum absolute atomic E-state index is 13.1. The summed E-state index contributed by atoms with van der Waals surface area (Å²) in [6, 6.07) is 11.3. The van der Waals surface area contributed by atoms with E-state index in [1.165, 1.54) is 0 Å². The summed E-state index contributed by atoms with van der Waals surface area (Å²) in [6.07, 6.45) is 1.97. The van der Waals surface area contributed by atoms with Gasteiger partial charge in [-0.25, -0.2) is 0 Å². The summed E-state index contributed by atoms with van der Waals surface area (Å²) < 4.78 is 37.7. The summed E-state index contributed by atoms with van der Waals surface area (Å²) >= 11 is 0. The Morgan fingerprint density at radius 3 is 2.53 bits per heavy atom. The minimum atomic E-state index is -1.15. The van der Waals surface area contributed by atoms with E-state index in [0.29, 0.717) is 19.8 Å². The van der Waals surface area contributed by atoms with Crippen LogP contribution in [0.3, 0.4) is 0 Å². The van der Waals surface area contributed by atoms with Crippen molar-refractivity contribution in [2.45, 2.75) is 76.2 Å². The molecule has 1 aromatic rings. The maximum atomic E-state index is 13.1. The van der Waals surface area contributed by atoms with Gasteiger partial charge in [-0.15, -0.1) is 6.58 Å². The minimum absolute atomic E-state index is 0.0721. The van der Waals surface area contributed by atoms with Gasteiger partial charge < -0.3 is 28.4 Å². The number of rotatable bonds is 12. The van der Waals surface area contributed by atoms with Crippen LogP contribution in [0.2, 0.25) is 25.7 Å². The Morgan fingerprint density at radius 1 is 1.08 bits per heavy atom. The molecule has 8 atom stereocenters. The van der Waals surface area contributed by atoms with E-state index >= 15 is 0 Å². The second-order valence-corrected chi connectivity index (χ2v) is 18.7. The quantitative estimate of drug-likeness (QED) is 0.120. The van der Waals surface area contributed by atoms with Crippen LogP contribution in [0.1, 0.15) is 25.8 Å². The lowest BCUT2D eigenvalue weighted by Gasteiger charge is -2.64. The van der Waals surface area contributed by atoms with Crippen LogP contribution in [-0.4, -0.2) is 64.3 Å². The van der Waals surface area contributed by atoms with E-state index < -0.39 is 25.4 Å². The van der Waals surface area contributed by atoms with Crippen LogP contribution in [-0.2, 0) is 39.8 Å². The van der Waals surface area contributed by atoms with Gasteiger partial charge in [-0.3, -0.25) is 4.79 Å². The summed E-state index contributed by atoms with van der Waals surface area (Å²) in [4.78, 5) is 13.1. The van der Waals surface area contributed by atoms with Gasteiger partial charge in [0.25, 0.3) is 0 Å². The summed E-state index contributed by atoms with van der Waals surface area (Å²) in [5.41, 5.74) is 0.324. The monoisotopic (exact) mass is 544 g/mol. The number of benzene rings is 1. The lowest BCUT2D eigenvalue weighted by atomic mass is 9.47. The Bertz CT molecular complexity index is 992. The van der Waals surface area contributed by atoms with Crippen molar-refractivity contribution in [3.8, 4) is 0 Å². The van der Waals surface area contributed by atoms with E-state index in [-0.39, 0.29) is 48.6 Å². The van der Waals surface area contributed by atoms with Gasteiger partial charge in [0.15, 0.2) is 5.79 Å². The van der Waals surface area contributed by atoms with Crippen molar-refractivity contribution in [3.05, 3.63) is 48.6 Å². The highest BCUT2D eigenvalue weighted by Gasteiger charge is 2.77. The third-order valence-corrected chi connectivity index (χ3v) is 10.5. The van der Waals surface area contributed by atoms with E-state index in [4.69, 9.17) is 28.4 Å². The lowest BCUT2D eigenvalue weighted by Crippen LogP contribution is -2.75. The molecule has 3 saturated carbocycles. The van der Waals surface area contributed by atoms with Crippen LogP contribution < -0.4 is 0 Å². The number of hydrogen-bond acceptors (Lipinski definition) is 7. The summed E-state index contributed by atoms with van der Waals surface area (Å²) in [5, 5.41) is 0. The van der Waals surface area contributed by atoms with Gasteiger partial charge in [0.2, 0.25) is 0 Å². The average molecular weight is 545 g/mol. The molecule has 7 nitrogen and oxygen atoms in total. The van der Waals surface area contributed by atoms with Gasteiger partial charge in [-0.2, -0.15) is 0 Å². The highest BCUT2D eigenvalue weighted by atomic mass is 28.3. The standard InChI is InChI=1S/C30H44O7Si/c1-7-24-28(31)35-25-15-21-22(17-34-19-32-13-14-38(4,5)6)23(18-33-16-20-11-9-8-10-12-20)26(25)30(24)27(21)36-29(2,3)37-30/h7-12,21-27H,1,13-19H2,2-6H3/t21-,22+,23-,24-,25+,26-,27+,30-/m0/s1. The van der Waals surface area contributed by atoms with Crippen LogP contribution in [0.5, 0.6) is 0 Å². The maximum Gasteiger partial charge on any atom is 0.316 e. The molecule has 0 N–H and O–H groups in total. The summed E-state index contributed by atoms with van der Waals surface area (Å²) in [5.74, 6) is -1.37. The number of fused-ring (bicyclic) bond motifs is 1. The van der Waals surface area contributed by atoms with Gasteiger partial charge >= 0.3 is 5.97 Å². The zero-order chi connectivity index (χ0) is 27.1. The van der Waals surface area contributed by atoms with Crippen molar-refractivity contribution in [3.63, 3.8) is 0 Å². The van der Waals surface area contributed by atoms with E-state index in [2.05, 4.69) is 38.4 Å². The fourth-order valence-corrected chi connectivity index (χ4v) is 8.06. The van der Waals surface area contributed by atoms with Gasteiger partial charge in [-0.1, -0.05) is 56.0 Å². The van der Waals surface area contributed by atoms with Crippen LogP contribution >= 0.6 is 0 Å². The molecule has 5 fully saturated rings. The van der Waals surface area contributed by atoms with Crippen molar-refractivity contribution < 1.29 is 33.2 Å². The minimum Gasteiger partial charge on any atom is -0.461 e. The molecule has 3 aliphatic carbocycles. The highest BCUT2D eigenvalue weighted by molar-refractivity contribution is 6.76. The molecule has 0 amide bonds. The summed E-state index contributed by atoms with van der Waals surface area (Å²) in [7, 11) is -1.15. The molecule has 38 heavy (non-hydrogen) atoms. The van der Waals surface area contributed by atoms with Crippen molar-refractivity contribution in [2.24, 2.45) is 29.6 Å². The molecule has 0 radical (unpaired) electrons. The van der Waals surface area contributed by atoms with Crippen LogP contribution in [0, 0.1) is 29.6 Å². The largest absolute Gasteiger partial charge is 0.461 e. The van der Waals surface area contributed by atoms with Crippen molar-refractivity contribution >= 4 is 14.0 Å². The van der Waals surface area contributed by atoms with Crippen molar-refractivity contribution in [1.82, 2.24) is 0 Å². The van der Waals surface area contributed by atoms with Crippen LogP contribution in [0.15, 0.2) is 43.0 Å². The van der Waals surface area contributed by atoms with Gasteiger partial charge in [0, 0.05) is 20.6 Å². The van der Waals surface area contributed by atoms with E-state index in [9.17, 15) is 4.79 Å². The molecule has 8 heteroatoms. The molecule has 5 aliphatic rings. The van der Waals surface area contributed by atoms with E-state index in [0.717, 1.165) is 24.6 Å². The van der Waals surface area contributed by atoms with Crippen molar-refractivity contribution in [1.29, 1.82) is 0 Å². The molecule has 4 bridgehead atoms. The Labute approximate surface area is 228 Å². The highest BCUT2D eigenvalue weighted by Crippen LogP contribution is 2.65. The van der Waals surface area contributed by atoms with Gasteiger partial charge in [0.05, 0.1) is 25.9 Å². The molecule has 2 aliphatic heterocycles. The molecule has 210 valence electrons. The third kappa shape index (κ3) is 5.28. The van der Waals surface area contributed by atoms with Gasteiger partial charge in [0.1, 0.15) is 24.4 Å². The number of carbonyl (C=O) groups excluding carboxylic acids is 1. The number of ether oxygens (including phenoxy) is 6. The molecule has 1 aromatic carbocycles. The topological polar surface area (TPSA) is 72.5 Å². The molecule has 2 heterocycles. The summed E-state index contributed by atoms with van der Waals surface area (Å²) in [6.45, 7) is 17.5. The zero-order valence-electron chi connectivity index (χ0n) is 23.5. The second-order valence-electron chi connectivity index (χ2n) is 13.0. The molecule has 6 rings (SSSR count).